The molecule has 32 heavy (non-hydrogen) atoms. The second-order valence-electron chi connectivity index (χ2n) is 7.84. The summed E-state index contributed by atoms with van der Waals surface area (Å²) in [6.07, 6.45) is 0. The summed E-state index contributed by atoms with van der Waals surface area (Å²) in [6, 6.07) is 10.3. The number of hydrogen-bond donors (Lipinski definition) is 1. The van der Waals surface area contributed by atoms with E-state index in [1.165, 1.54) is 20.3 Å². The van der Waals surface area contributed by atoms with Crippen molar-refractivity contribution in [2.75, 3.05) is 60.8 Å². The first-order valence-corrected chi connectivity index (χ1v) is 11.9. The van der Waals surface area contributed by atoms with Crippen LogP contribution in [0.1, 0.15) is 11.6 Å². The molecule has 2 aromatic carbocycles. The highest BCUT2D eigenvalue weighted by atomic mass is 32.2. The smallest absolute Gasteiger partial charge is 0.244 e. The van der Waals surface area contributed by atoms with Crippen LogP contribution in [0, 0.1) is 0 Å². The van der Waals surface area contributed by atoms with E-state index >= 15 is 0 Å². The number of ether oxygens (including phenoxy) is 4. The molecule has 10 heteroatoms. The molecule has 2 aliphatic rings. The zero-order chi connectivity index (χ0) is 22.7. The largest absolute Gasteiger partial charge is 0.497 e. The molecular weight excluding hydrogens is 434 g/mol. The number of fused-ring (bicyclic) bond motifs is 1. The highest BCUT2D eigenvalue weighted by Gasteiger charge is 2.28. The first-order valence-electron chi connectivity index (χ1n) is 10.4. The zero-order valence-electron chi connectivity index (χ0n) is 18.5. The quantitative estimate of drug-likeness (QED) is 0.633. The first-order chi connectivity index (χ1) is 15.4. The number of nitrogens with one attached hydrogen (secondary N) is 1. The van der Waals surface area contributed by atoms with Crippen LogP contribution in [0.15, 0.2) is 41.3 Å². The molecule has 1 fully saturated rings. The molecular formula is C22H29N3O6S. The lowest BCUT2D eigenvalue weighted by molar-refractivity contribution is 0.112. The molecule has 1 N–H and O–H groups in total. The van der Waals surface area contributed by atoms with Gasteiger partial charge in [-0.25, -0.2) is 13.1 Å². The topological polar surface area (TPSA) is 89.6 Å². The Bertz CT molecular complexity index is 1050. The number of piperazine rings is 1. The lowest BCUT2D eigenvalue weighted by Gasteiger charge is -2.38. The molecule has 0 amide bonds. The number of sulfonamides is 1. The minimum absolute atomic E-state index is 0.0437. The fourth-order valence-corrected chi connectivity index (χ4v) is 5.19. The minimum atomic E-state index is -3.85. The number of rotatable bonds is 8. The number of benzene rings is 2. The minimum Gasteiger partial charge on any atom is -0.497 e. The van der Waals surface area contributed by atoms with Gasteiger partial charge in [0, 0.05) is 44.8 Å². The average molecular weight is 464 g/mol. The second kappa shape index (κ2) is 9.53. The van der Waals surface area contributed by atoms with Crippen LogP contribution in [0.5, 0.6) is 23.0 Å². The molecule has 9 nitrogen and oxygen atoms in total. The molecule has 0 aromatic heterocycles. The molecule has 0 saturated carbocycles. The third kappa shape index (κ3) is 4.78. The van der Waals surface area contributed by atoms with Gasteiger partial charge in [-0.2, -0.15) is 0 Å². The Morgan fingerprint density at radius 1 is 1.00 bits per heavy atom. The van der Waals surface area contributed by atoms with Crippen LogP contribution in [-0.2, 0) is 10.0 Å². The van der Waals surface area contributed by atoms with Crippen molar-refractivity contribution in [3.63, 3.8) is 0 Å². The van der Waals surface area contributed by atoms with Gasteiger partial charge < -0.3 is 23.8 Å². The summed E-state index contributed by atoms with van der Waals surface area (Å²) in [7, 11) is 1.18. The van der Waals surface area contributed by atoms with Crippen molar-refractivity contribution in [2.45, 2.75) is 10.9 Å². The molecule has 2 heterocycles. The highest BCUT2D eigenvalue weighted by Crippen LogP contribution is 2.36. The lowest BCUT2D eigenvalue weighted by Crippen LogP contribution is -2.48. The van der Waals surface area contributed by atoms with Crippen LogP contribution >= 0.6 is 0 Å². The SMILES string of the molecule is COc1ccc(OC)c(S(=O)(=O)NC[C@H](c2ccc3c(c2)OCO3)N2CCN(C)CC2)c1. The molecule has 0 unspecified atom stereocenters. The summed E-state index contributed by atoms with van der Waals surface area (Å²) < 4.78 is 50.7. The van der Waals surface area contributed by atoms with Gasteiger partial charge in [-0.3, -0.25) is 4.90 Å². The Morgan fingerprint density at radius 2 is 1.75 bits per heavy atom. The predicted octanol–water partition coefficient (Wildman–Crippen LogP) is 1.70. The maximum Gasteiger partial charge on any atom is 0.244 e. The van der Waals surface area contributed by atoms with Crippen molar-refractivity contribution in [1.82, 2.24) is 14.5 Å². The van der Waals surface area contributed by atoms with E-state index in [9.17, 15) is 8.42 Å². The molecule has 2 aliphatic heterocycles. The van der Waals surface area contributed by atoms with E-state index in [-0.39, 0.29) is 30.0 Å². The number of likely N-dealkylation sites (N-methyl/N-ethyl adjacent to an activating group) is 1. The molecule has 0 radical (unpaired) electrons. The number of methoxy groups -OCH3 is 2. The third-order valence-electron chi connectivity index (χ3n) is 5.89. The fraction of sp³-hybridized carbons (Fsp3) is 0.455. The summed E-state index contributed by atoms with van der Waals surface area (Å²) >= 11 is 0. The van der Waals surface area contributed by atoms with Crippen LogP contribution < -0.4 is 23.7 Å². The van der Waals surface area contributed by atoms with Gasteiger partial charge in [-0.1, -0.05) is 6.07 Å². The number of nitrogens with zero attached hydrogens (tertiary/aromatic N) is 2. The van der Waals surface area contributed by atoms with Crippen molar-refractivity contribution in [1.29, 1.82) is 0 Å². The van der Waals surface area contributed by atoms with Gasteiger partial charge in [0.15, 0.2) is 11.5 Å². The van der Waals surface area contributed by atoms with E-state index in [1.54, 1.807) is 12.1 Å². The van der Waals surface area contributed by atoms with E-state index in [0.29, 0.717) is 17.2 Å². The molecule has 0 bridgehead atoms. The zero-order valence-corrected chi connectivity index (χ0v) is 19.4. The average Bonchev–Trinajstić information content (AvgIpc) is 3.28. The summed E-state index contributed by atoms with van der Waals surface area (Å²) in [5, 5.41) is 0. The van der Waals surface area contributed by atoms with Gasteiger partial charge in [-0.05, 0) is 36.9 Å². The molecule has 174 valence electrons. The van der Waals surface area contributed by atoms with Crippen LogP contribution in [-0.4, -0.2) is 79.0 Å². The Kier molecular flexibility index (Phi) is 6.75. The van der Waals surface area contributed by atoms with Crippen molar-refractivity contribution < 1.29 is 27.4 Å². The van der Waals surface area contributed by atoms with Gasteiger partial charge in [0.25, 0.3) is 0 Å². The van der Waals surface area contributed by atoms with Crippen LogP contribution in [0.25, 0.3) is 0 Å². The summed E-state index contributed by atoms with van der Waals surface area (Å²) in [5.41, 5.74) is 0.971. The Labute approximate surface area is 188 Å². The van der Waals surface area contributed by atoms with E-state index in [0.717, 1.165) is 31.7 Å². The number of hydrogen-bond acceptors (Lipinski definition) is 8. The predicted molar refractivity (Wildman–Crippen MR) is 119 cm³/mol. The van der Waals surface area contributed by atoms with E-state index in [1.807, 2.05) is 18.2 Å². The summed E-state index contributed by atoms with van der Waals surface area (Å²) in [5.74, 6) is 2.08. The molecule has 1 atom stereocenters. The summed E-state index contributed by atoms with van der Waals surface area (Å²) in [6.45, 7) is 3.89. The van der Waals surface area contributed by atoms with Crippen molar-refractivity contribution in [3.8, 4) is 23.0 Å². The van der Waals surface area contributed by atoms with Gasteiger partial charge in [-0.15, -0.1) is 0 Å². The Hall–Kier alpha value is -2.53. The Balaban J connectivity index is 1.60. The molecule has 0 aliphatic carbocycles. The van der Waals surface area contributed by atoms with E-state index < -0.39 is 10.0 Å². The monoisotopic (exact) mass is 463 g/mol. The van der Waals surface area contributed by atoms with Crippen LogP contribution in [0.2, 0.25) is 0 Å². The van der Waals surface area contributed by atoms with Crippen LogP contribution in [0.4, 0.5) is 0 Å². The molecule has 1 saturated heterocycles. The molecule has 0 spiro atoms. The maximum absolute atomic E-state index is 13.2. The normalized spacial score (nSPS) is 17.8. The Morgan fingerprint density at radius 3 is 2.47 bits per heavy atom. The van der Waals surface area contributed by atoms with Crippen molar-refractivity contribution in [3.05, 3.63) is 42.0 Å². The first kappa shape index (κ1) is 22.7. The van der Waals surface area contributed by atoms with Gasteiger partial charge >= 0.3 is 0 Å². The third-order valence-corrected chi connectivity index (χ3v) is 7.33. The molecule has 4 rings (SSSR count). The van der Waals surface area contributed by atoms with Crippen LogP contribution in [0.3, 0.4) is 0 Å². The standard InChI is InChI=1S/C22H29N3O6S/c1-24-8-10-25(11-9-24)18(16-4-6-19-21(12-16)31-15-30-19)14-23-32(26,27)22-13-17(28-2)5-7-20(22)29-3/h4-7,12-13,18,23H,8-11,14-15H2,1-3H3/t18-/m1/s1. The van der Waals surface area contributed by atoms with Crippen molar-refractivity contribution in [2.24, 2.45) is 0 Å². The fourth-order valence-electron chi connectivity index (χ4n) is 3.97. The molecule has 2 aromatic rings. The van der Waals surface area contributed by atoms with Gasteiger partial charge in [0.05, 0.1) is 14.2 Å². The lowest BCUT2D eigenvalue weighted by atomic mass is 10.0. The summed E-state index contributed by atoms with van der Waals surface area (Å²) in [4.78, 5) is 4.60. The van der Waals surface area contributed by atoms with Gasteiger partial charge in [0.2, 0.25) is 16.8 Å². The second-order valence-corrected chi connectivity index (χ2v) is 9.57. The van der Waals surface area contributed by atoms with E-state index in [2.05, 4.69) is 21.6 Å². The highest BCUT2D eigenvalue weighted by molar-refractivity contribution is 7.89. The van der Waals surface area contributed by atoms with Gasteiger partial charge in [0.1, 0.15) is 16.4 Å². The maximum atomic E-state index is 13.2. The van der Waals surface area contributed by atoms with E-state index in [4.69, 9.17) is 18.9 Å². The van der Waals surface area contributed by atoms with Crippen molar-refractivity contribution >= 4 is 10.0 Å².